The number of methoxy groups -OCH3 is 1. The Balaban J connectivity index is 0.00000420. The van der Waals surface area contributed by atoms with Gasteiger partial charge in [-0.15, -0.1) is 24.0 Å². The van der Waals surface area contributed by atoms with Gasteiger partial charge >= 0.3 is 0 Å². The summed E-state index contributed by atoms with van der Waals surface area (Å²) in [6.07, 6.45) is 0. The maximum Gasteiger partial charge on any atom is 0.193 e. The number of rotatable bonds is 7. The van der Waals surface area contributed by atoms with E-state index in [9.17, 15) is 8.78 Å². The van der Waals surface area contributed by atoms with E-state index in [1.807, 2.05) is 43.1 Å². The van der Waals surface area contributed by atoms with E-state index in [0.717, 1.165) is 11.1 Å². The highest BCUT2D eigenvalue weighted by Gasteiger charge is 2.10. The zero-order valence-corrected chi connectivity index (χ0v) is 19.8. The molecule has 8 heteroatoms. The van der Waals surface area contributed by atoms with Crippen LogP contribution in [0.2, 0.25) is 0 Å². The van der Waals surface area contributed by atoms with Crippen molar-refractivity contribution in [3.05, 3.63) is 64.7 Å². The maximum absolute atomic E-state index is 13.9. The number of aliphatic imine (C=N–C) groups is 1. The topological polar surface area (TPSA) is 40.1 Å². The van der Waals surface area contributed by atoms with E-state index < -0.39 is 5.82 Å². The van der Waals surface area contributed by atoms with E-state index in [0.29, 0.717) is 31.2 Å². The fourth-order valence-corrected chi connectivity index (χ4v) is 2.92. The molecule has 0 amide bonds. The third kappa shape index (κ3) is 7.43. The second kappa shape index (κ2) is 11.9. The molecule has 0 saturated heterocycles. The van der Waals surface area contributed by atoms with Crippen LogP contribution in [0.1, 0.15) is 16.7 Å². The Morgan fingerprint density at radius 1 is 1.00 bits per heavy atom. The van der Waals surface area contributed by atoms with Crippen molar-refractivity contribution in [3.63, 3.8) is 0 Å². The third-order valence-corrected chi connectivity index (χ3v) is 4.26. The normalized spacial score (nSPS) is 11.2. The highest BCUT2D eigenvalue weighted by molar-refractivity contribution is 14.0. The van der Waals surface area contributed by atoms with Crippen LogP contribution in [0, 0.1) is 11.6 Å². The Hall–Kier alpha value is -1.94. The predicted octanol–water partition coefficient (Wildman–Crippen LogP) is 3.86. The molecule has 0 fully saturated rings. The standard InChI is InChI=1S/C21H28F2N4O.HI/c1-24-21(27(4)13-16-7-9-20(28-5)19(23)11-16)25-12-15-6-8-18(22)17(10-15)14-26(2)3;/h6-11H,12-14H2,1-5H3,(H,24,25);1H. The largest absolute Gasteiger partial charge is 0.494 e. The Kier molecular flexibility index (Phi) is 10.3. The Morgan fingerprint density at radius 3 is 2.28 bits per heavy atom. The molecule has 0 heterocycles. The predicted molar refractivity (Wildman–Crippen MR) is 124 cm³/mol. The minimum Gasteiger partial charge on any atom is -0.494 e. The van der Waals surface area contributed by atoms with Gasteiger partial charge in [-0.2, -0.15) is 0 Å². The molecular weight excluding hydrogens is 489 g/mol. The van der Waals surface area contributed by atoms with Gasteiger partial charge in [-0.1, -0.05) is 12.1 Å². The van der Waals surface area contributed by atoms with Gasteiger partial charge in [-0.3, -0.25) is 4.99 Å². The first kappa shape index (κ1) is 25.1. The summed E-state index contributed by atoms with van der Waals surface area (Å²) in [5, 5.41) is 3.26. The average Bonchev–Trinajstić information content (AvgIpc) is 2.64. The van der Waals surface area contributed by atoms with Crippen LogP contribution in [0.15, 0.2) is 41.4 Å². The molecular formula is C21H29F2IN4O. The highest BCUT2D eigenvalue weighted by atomic mass is 127. The van der Waals surface area contributed by atoms with Gasteiger partial charge in [0.25, 0.3) is 0 Å². The summed E-state index contributed by atoms with van der Waals surface area (Å²) in [6.45, 7) is 1.53. The van der Waals surface area contributed by atoms with Crippen molar-refractivity contribution in [1.82, 2.24) is 15.1 Å². The van der Waals surface area contributed by atoms with Crippen molar-refractivity contribution >= 4 is 29.9 Å². The molecule has 0 aliphatic rings. The molecule has 0 aromatic heterocycles. The van der Waals surface area contributed by atoms with E-state index in [1.54, 1.807) is 19.2 Å². The lowest BCUT2D eigenvalue weighted by atomic mass is 10.1. The van der Waals surface area contributed by atoms with Crippen LogP contribution in [0.3, 0.4) is 0 Å². The van der Waals surface area contributed by atoms with Crippen LogP contribution in [0.25, 0.3) is 0 Å². The summed E-state index contributed by atoms with van der Waals surface area (Å²) >= 11 is 0. The van der Waals surface area contributed by atoms with Crippen molar-refractivity contribution < 1.29 is 13.5 Å². The Morgan fingerprint density at radius 2 is 1.69 bits per heavy atom. The first-order valence-electron chi connectivity index (χ1n) is 9.00. The monoisotopic (exact) mass is 518 g/mol. The molecule has 5 nitrogen and oxygen atoms in total. The third-order valence-electron chi connectivity index (χ3n) is 4.26. The minimum absolute atomic E-state index is 0. The van der Waals surface area contributed by atoms with Crippen LogP contribution in [-0.2, 0) is 19.6 Å². The lowest BCUT2D eigenvalue weighted by Gasteiger charge is -2.22. The van der Waals surface area contributed by atoms with Gasteiger partial charge in [0.05, 0.1) is 7.11 Å². The number of halogens is 3. The van der Waals surface area contributed by atoms with Gasteiger partial charge in [0, 0.05) is 39.3 Å². The van der Waals surface area contributed by atoms with Gasteiger partial charge in [0.2, 0.25) is 0 Å². The van der Waals surface area contributed by atoms with Crippen molar-refractivity contribution in [1.29, 1.82) is 0 Å². The molecule has 0 unspecified atom stereocenters. The van der Waals surface area contributed by atoms with Crippen LogP contribution in [-0.4, -0.2) is 51.1 Å². The molecule has 2 rings (SSSR count). The number of hydrogen-bond donors (Lipinski definition) is 1. The summed E-state index contributed by atoms with van der Waals surface area (Å²) in [5.74, 6) is 0.282. The number of hydrogen-bond acceptors (Lipinski definition) is 3. The smallest absolute Gasteiger partial charge is 0.193 e. The maximum atomic E-state index is 13.9. The molecule has 2 aromatic rings. The summed E-state index contributed by atoms with van der Waals surface area (Å²) < 4.78 is 32.8. The van der Waals surface area contributed by atoms with Gasteiger partial charge in [-0.25, -0.2) is 8.78 Å². The van der Waals surface area contributed by atoms with Crippen molar-refractivity contribution in [2.45, 2.75) is 19.6 Å². The first-order valence-corrected chi connectivity index (χ1v) is 9.00. The van der Waals surface area contributed by atoms with Crippen LogP contribution in [0.4, 0.5) is 8.78 Å². The quantitative estimate of drug-likeness (QED) is 0.344. The Labute approximate surface area is 188 Å². The number of guanidine groups is 1. The lowest BCUT2D eigenvalue weighted by molar-refractivity contribution is 0.385. The fraction of sp³-hybridized carbons (Fsp3) is 0.381. The van der Waals surface area contributed by atoms with Gasteiger partial charge in [0.1, 0.15) is 5.82 Å². The van der Waals surface area contributed by atoms with Crippen molar-refractivity contribution in [2.75, 3.05) is 35.3 Å². The van der Waals surface area contributed by atoms with Crippen LogP contribution < -0.4 is 10.1 Å². The molecule has 0 spiro atoms. The molecule has 1 N–H and O–H groups in total. The molecule has 0 aliphatic heterocycles. The van der Waals surface area contributed by atoms with Gasteiger partial charge in [-0.05, 0) is 49.5 Å². The van der Waals surface area contributed by atoms with Crippen molar-refractivity contribution in [3.8, 4) is 5.75 Å². The summed E-state index contributed by atoms with van der Waals surface area (Å²) in [7, 11) is 8.82. The SMILES string of the molecule is CN=C(NCc1ccc(F)c(CN(C)C)c1)N(C)Cc1ccc(OC)c(F)c1.I. The molecule has 0 radical (unpaired) electrons. The summed E-state index contributed by atoms with van der Waals surface area (Å²) in [4.78, 5) is 8.10. The molecule has 2 aromatic carbocycles. The first-order chi connectivity index (χ1) is 13.3. The number of ether oxygens (including phenoxy) is 1. The molecule has 0 bridgehead atoms. The van der Waals surface area contributed by atoms with E-state index >= 15 is 0 Å². The minimum atomic E-state index is -0.393. The summed E-state index contributed by atoms with van der Waals surface area (Å²) in [6, 6.07) is 9.99. The number of benzene rings is 2. The number of nitrogens with zero attached hydrogens (tertiary/aromatic N) is 3. The molecule has 0 atom stereocenters. The molecule has 29 heavy (non-hydrogen) atoms. The number of nitrogens with one attached hydrogen (secondary N) is 1. The van der Waals surface area contributed by atoms with E-state index in [4.69, 9.17) is 4.74 Å². The second-order valence-electron chi connectivity index (χ2n) is 6.89. The van der Waals surface area contributed by atoms with Crippen LogP contribution in [0.5, 0.6) is 5.75 Å². The van der Waals surface area contributed by atoms with Gasteiger partial charge < -0.3 is 19.9 Å². The van der Waals surface area contributed by atoms with Gasteiger partial charge in [0.15, 0.2) is 17.5 Å². The molecule has 0 saturated carbocycles. The van der Waals surface area contributed by atoms with E-state index in [-0.39, 0.29) is 35.5 Å². The van der Waals surface area contributed by atoms with Crippen molar-refractivity contribution in [2.24, 2.45) is 4.99 Å². The zero-order chi connectivity index (χ0) is 20.7. The average molecular weight is 518 g/mol. The second-order valence-corrected chi connectivity index (χ2v) is 6.89. The summed E-state index contributed by atoms with van der Waals surface area (Å²) in [5.41, 5.74) is 2.42. The molecule has 0 aliphatic carbocycles. The lowest BCUT2D eigenvalue weighted by Crippen LogP contribution is -2.38. The fourth-order valence-electron chi connectivity index (χ4n) is 2.92. The zero-order valence-electron chi connectivity index (χ0n) is 17.5. The molecule has 160 valence electrons. The highest BCUT2D eigenvalue weighted by Crippen LogP contribution is 2.18. The Bertz CT molecular complexity index is 830. The van der Waals surface area contributed by atoms with E-state index in [2.05, 4.69) is 10.3 Å². The van der Waals surface area contributed by atoms with Crippen LogP contribution >= 0.6 is 24.0 Å². The van der Waals surface area contributed by atoms with E-state index in [1.165, 1.54) is 19.2 Å².